The lowest BCUT2D eigenvalue weighted by atomic mass is 9.84. The highest BCUT2D eigenvalue weighted by molar-refractivity contribution is 5.89. The quantitative estimate of drug-likeness (QED) is 0.454. The lowest BCUT2D eigenvalue weighted by molar-refractivity contribution is -0.149. The molecule has 1 aliphatic rings. The molecule has 5 N–H and O–H groups in total. The minimum atomic E-state index is -2.06. The van der Waals surface area contributed by atoms with Crippen LogP contribution in [0.25, 0.3) is 6.08 Å². The molecule has 1 unspecified atom stereocenters. The standard InChI is InChI=1S/C16H20O6/c17-8-12(18)14(20)16(22)15(21)13(19)11-6-5-9-3-1-2-4-10(9)7-11/h1-6,11-12,14-18,20-22H,7-8H2/t11?,12-,14-,15+,16+/m1/s1/i11D. The predicted molar refractivity (Wildman–Crippen MR) is 78.8 cm³/mol. The van der Waals surface area contributed by atoms with Crippen molar-refractivity contribution in [2.24, 2.45) is 5.89 Å². The third kappa shape index (κ3) is 3.43. The number of carbonyl (C=O) groups excluding carboxylic acids is 1. The van der Waals surface area contributed by atoms with Crippen molar-refractivity contribution >= 4 is 11.9 Å². The maximum atomic E-state index is 12.4. The maximum Gasteiger partial charge on any atom is 0.171 e. The zero-order chi connectivity index (χ0) is 17.2. The van der Waals surface area contributed by atoms with Gasteiger partial charge in [0.25, 0.3) is 0 Å². The summed E-state index contributed by atoms with van der Waals surface area (Å²) in [6.07, 6.45) is -4.69. The van der Waals surface area contributed by atoms with Crippen molar-refractivity contribution in [3.63, 3.8) is 0 Å². The molecular weight excluding hydrogens is 288 g/mol. The van der Waals surface area contributed by atoms with Crippen molar-refractivity contribution < 1.29 is 31.7 Å². The average Bonchev–Trinajstić information content (AvgIpc) is 2.58. The summed E-state index contributed by atoms with van der Waals surface area (Å²) in [5.41, 5.74) is 1.63. The third-order valence-electron chi connectivity index (χ3n) is 3.74. The highest BCUT2D eigenvalue weighted by Crippen LogP contribution is 2.25. The molecule has 2 rings (SSSR count). The molecule has 0 spiro atoms. The fourth-order valence-electron chi connectivity index (χ4n) is 2.35. The van der Waals surface area contributed by atoms with Crippen molar-refractivity contribution in [1.29, 1.82) is 0 Å². The summed E-state index contributed by atoms with van der Waals surface area (Å²) < 4.78 is 8.27. The minimum Gasteiger partial charge on any atom is -0.394 e. The van der Waals surface area contributed by atoms with E-state index in [1.54, 1.807) is 18.2 Å². The smallest absolute Gasteiger partial charge is 0.171 e. The molecule has 1 aliphatic carbocycles. The van der Waals surface area contributed by atoms with Crippen LogP contribution in [0.15, 0.2) is 30.3 Å². The van der Waals surface area contributed by atoms with Crippen LogP contribution in [0.4, 0.5) is 0 Å². The summed E-state index contributed by atoms with van der Waals surface area (Å²) in [5, 5.41) is 47.4. The number of hydrogen-bond donors (Lipinski definition) is 5. The molecule has 0 aromatic heterocycles. The average molecular weight is 309 g/mol. The van der Waals surface area contributed by atoms with E-state index < -0.39 is 42.7 Å². The first-order valence-corrected chi connectivity index (χ1v) is 6.95. The first-order chi connectivity index (χ1) is 10.8. The number of hydrogen-bond acceptors (Lipinski definition) is 6. The van der Waals surface area contributed by atoms with Gasteiger partial charge in [0.15, 0.2) is 5.78 Å². The van der Waals surface area contributed by atoms with E-state index in [-0.39, 0.29) is 6.42 Å². The molecule has 0 fully saturated rings. The Morgan fingerprint density at radius 2 is 1.91 bits per heavy atom. The fraction of sp³-hybridized carbons (Fsp3) is 0.438. The zero-order valence-electron chi connectivity index (χ0n) is 12.8. The van der Waals surface area contributed by atoms with Crippen LogP contribution in [0.5, 0.6) is 0 Å². The molecule has 0 amide bonds. The van der Waals surface area contributed by atoms with E-state index in [2.05, 4.69) is 0 Å². The summed E-state index contributed by atoms with van der Waals surface area (Å²) in [6, 6.07) is 7.20. The Morgan fingerprint density at radius 3 is 2.59 bits per heavy atom. The van der Waals surface area contributed by atoms with Gasteiger partial charge in [0.05, 0.1) is 6.61 Å². The number of fused-ring (bicyclic) bond motifs is 1. The number of benzene rings is 1. The fourth-order valence-corrected chi connectivity index (χ4v) is 2.35. The van der Waals surface area contributed by atoms with Crippen LogP contribution in [0.2, 0.25) is 0 Å². The molecule has 0 radical (unpaired) electrons. The van der Waals surface area contributed by atoms with Gasteiger partial charge in [-0.15, -0.1) is 0 Å². The first-order valence-electron chi connectivity index (χ1n) is 7.45. The van der Waals surface area contributed by atoms with Gasteiger partial charge in [0, 0.05) is 7.26 Å². The second-order valence-corrected chi connectivity index (χ2v) is 5.27. The van der Waals surface area contributed by atoms with Gasteiger partial charge in [-0.3, -0.25) is 4.79 Å². The number of aliphatic hydroxyl groups excluding tert-OH is 5. The second kappa shape index (κ2) is 7.13. The van der Waals surface area contributed by atoms with Crippen LogP contribution < -0.4 is 0 Å². The highest BCUT2D eigenvalue weighted by Gasteiger charge is 2.36. The van der Waals surface area contributed by atoms with E-state index in [0.29, 0.717) is 0 Å². The van der Waals surface area contributed by atoms with Crippen LogP contribution in [-0.4, -0.2) is 62.3 Å². The van der Waals surface area contributed by atoms with Crippen LogP contribution in [0.1, 0.15) is 12.5 Å². The van der Waals surface area contributed by atoms with Crippen molar-refractivity contribution in [2.75, 3.05) is 6.61 Å². The molecule has 1 aromatic carbocycles. The monoisotopic (exact) mass is 309 g/mol. The molecule has 22 heavy (non-hydrogen) atoms. The predicted octanol–water partition coefficient (Wildman–Crippen LogP) is -1.12. The summed E-state index contributed by atoms with van der Waals surface area (Å²) in [7, 11) is 0. The number of rotatable bonds is 6. The Bertz CT molecular complexity index is 604. The molecule has 0 saturated carbocycles. The normalized spacial score (nSPS) is 26.5. The molecule has 5 atom stereocenters. The van der Waals surface area contributed by atoms with E-state index in [1.165, 1.54) is 6.08 Å². The number of Topliss-reactive ketones (excluding diaryl/α,β-unsaturated/α-hetero) is 1. The van der Waals surface area contributed by atoms with E-state index in [4.69, 9.17) is 6.48 Å². The Labute approximate surface area is 129 Å². The number of ketones is 1. The molecule has 120 valence electrons. The third-order valence-corrected chi connectivity index (χ3v) is 3.74. The van der Waals surface area contributed by atoms with E-state index >= 15 is 0 Å². The van der Waals surface area contributed by atoms with E-state index in [1.807, 2.05) is 12.1 Å². The zero-order valence-corrected chi connectivity index (χ0v) is 11.8. The molecule has 0 bridgehead atoms. The van der Waals surface area contributed by atoms with E-state index in [9.17, 15) is 25.2 Å². The van der Waals surface area contributed by atoms with Gasteiger partial charge in [-0.25, -0.2) is 0 Å². The second-order valence-electron chi connectivity index (χ2n) is 5.27. The Kier molecular flexibility index (Phi) is 4.97. The molecule has 1 aromatic rings. The molecule has 0 heterocycles. The molecule has 6 nitrogen and oxygen atoms in total. The van der Waals surface area contributed by atoms with Gasteiger partial charge in [0.1, 0.15) is 24.4 Å². The van der Waals surface area contributed by atoms with Gasteiger partial charge in [0.2, 0.25) is 0 Å². The molecule has 6 heteroatoms. The highest BCUT2D eigenvalue weighted by atomic mass is 16.4. The summed E-state index contributed by atoms with van der Waals surface area (Å²) in [6.45, 7) is -0.835. The van der Waals surface area contributed by atoms with Crippen LogP contribution in [0, 0.1) is 5.89 Å². The molecular formula is C16H20O6. The van der Waals surface area contributed by atoms with Crippen LogP contribution in [0.3, 0.4) is 0 Å². The molecule has 0 aliphatic heterocycles. The van der Waals surface area contributed by atoms with Crippen molar-refractivity contribution in [1.82, 2.24) is 0 Å². The lowest BCUT2D eigenvalue weighted by Crippen LogP contribution is -2.50. The Hall–Kier alpha value is -1.57. The van der Waals surface area contributed by atoms with Crippen molar-refractivity contribution in [3.05, 3.63) is 41.5 Å². The van der Waals surface area contributed by atoms with Crippen molar-refractivity contribution in [3.8, 4) is 0 Å². The van der Waals surface area contributed by atoms with Crippen LogP contribution >= 0.6 is 0 Å². The van der Waals surface area contributed by atoms with Gasteiger partial charge in [-0.1, -0.05) is 36.4 Å². The number of carbonyl (C=O) groups is 1. The summed E-state index contributed by atoms with van der Waals surface area (Å²) >= 11 is 0. The largest absolute Gasteiger partial charge is 0.394 e. The molecule has 0 saturated heterocycles. The van der Waals surface area contributed by atoms with Gasteiger partial charge in [-0.2, -0.15) is 0 Å². The van der Waals surface area contributed by atoms with Crippen molar-refractivity contribution in [2.45, 2.75) is 30.8 Å². The first kappa shape index (κ1) is 15.3. The lowest BCUT2D eigenvalue weighted by Gasteiger charge is -2.27. The van der Waals surface area contributed by atoms with Gasteiger partial charge < -0.3 is 25.5 Å². The Morgan fingerprint density at radius 1 is 1.23 bits per heavy atom. The topological polar surface area (TPSA) is 118 Å². The van der Waals surface area contributed by atoms with E-state index in [0.717, 1.165) is 11.1 Å². The van der Waals surface area contributed by atoms with Gasteiger partial charge >= 0.3 is 0 Å². The van der Waals surface area contributed by atoms with Gasteiger partial charge in [-0.05, 0) is 17.5 Å². The number of allylic oxidation sites excluding steroid dienone is 1. The SMILES string of the molecule is [2H]C1(C(=O)[C@H](O)[C@@H](O)[C@H](O)[C@H](O)CO)C=Cc2ccccc2C1. The number of aliphatic hydroxyl groups is 5. The Balaban J connectivity index is 2.17. The summed E-state index contributed by atoms with van der Waals surface area (Å²) in [5.74, 6) is -2.77. The summed E-state index contributed by atoms with van der Waals surface area (Å²) in [4.78, 5) is 12.4. The minimum absolute atomic E-state index is 0.0287. The van der Waals surface area contributed by atoms with Crippen LogP contribution in [-0.2, 0) is 11.2 Å². The maximum absolute atomic E-state index is 12.4.